The van der Waals surface area contributed by atoms with Crippen LogP contribution in [0.1, 0.15) is 52.4 Å². The number of allylic oxidation sites excluding steroid dienone is 2. The van der Waals surface area contributed by atoms with Crippen molar-refractivity contribution in [2.24, 2.45) is 0 Å². The smallest absolute Gasteiger partial charge is 0.0695 e. The van der Waals surface area contributed by atoms with Gasteiger partial charge in [0.1, 0.15) is 0 Å². The maximum atomic E-state index is 11.3. The van der Waals surface area contributed by atoms with Crippen LogP contribution < -0.4 is 0 Å². The van der Waals surface area contributed by atoms with E-state index >= 15 is 0 Å². The summed E-state index contributed by atoms with van der Waals surface area (Å²) in [5.41, 5.74) is 0. The largest absolute Gasteiger partial charge is 0.250 e. The van der Waals surface area contributed by atoms with Gasteiger partial charge in [-0.15, -0.1) is 0 Å². The zero-order valence-corrected chi connectivity index (χ0v) is 10.2. The Bertz CT molecular complexity index is 174. The summed E-state index contributed by atoms with van der Waals surface area (Å²) in [5, 5.41) is 3.58. The van der Waals surface area contributed by atoms with Gasteiger partial charge in [0.05, 0.1) is 10.8 Å². The molecule has 2 heteroatoms. The molecular weight excluding hydrogens is 192 g/mol. The average molecular weight is 214 g/mol. The van der Waals surface area contributed by atoms with E-state index in [0.717, 1.165) is 12.8 Å². The predicted octanol–water partition coefficient (Wildman–Crippen LogP) is 4.14. The van der Waals surface area contributed by atoms with Crippen LogP contribution in [-0.4, -0.2) is 4.21 Å². The van der Waals surface area contributed by atoms with Crippen LogP contribution in [0.25, 0.3) is 0 Å². The first-order valence-corrected chi connectivity index (χ1v) is 6.81. The van der Waals surface area contributed by atoms with Crippen LogP contribution in [0.5, 0.6) is 0 Å². The molecule has 0 atom stereocenters. The van der Waals surface area contributed by atoms with Crippen molar-refractivity contribution in [3.8, 4) is 0 Å². The second-order valence-electron chi connectivity index (χ2n) is 3.36. The topological polar surface area (TPSA) is 17.1 Å². The van der Waals surface area contributed by atoms with Crippen LogP contribution in [0.4, 0.5) is 0 Å². The van der Waals surface area contributed by atoms with Gasteiger partial charge in [-0.2, -0.15) is 0 Å². The zero-order chi connectivity index (χ0) is 10.6. The van der Waals surface area contributed by atoms with E-state index < -0.39 is 10.8 Å². The van der Waals surface area contributed by atoms with Crippen molar-refractivity contribution in [3.05, 3.63) is 23.0 Å². The minimum Gasteiger partial charge on any atom is -0.250 e. The number of unbranched alkanes of at least 4 members (excludes halogenated alkanes) is 4. The van der Waals surface area contributed by atoms with Crippen molar-refractivity contribution in [2.75, 3.05) is 0 Å². The van der Waals surface area contributed by atoms with Gasteiger partial charge < -0.3 is 0 Å². The fourth-order valence-electron chi connectivity index (χ4n) is 1.02. The molecular formula is C12H22OS. The quantitative estimate of drug-likeness (QED) is 0.555. The van der Waals surface area contributed by atoms with Gasteiger partial charge in [0, 0.05) is 10.8 Å². The average Bonchev–Trinajstić information content (AvgIpc) is 2.19. The lowest BCUT2D eigenvalue weighted by Crippen LogP contribution is -1.76. The molecule has 0 aliphatic heterocycles. The third-order valence-corrected chi connectivity index (χ3v) is 2.83. The normalized spacial score (nSPS) is 14.1. The molecule has 0 heterocycles. The Morgan fingerprint density at radius 2 is 1.36 bits per heavy atom. The molecule has 0 bridgehead atoms. The van der Waals surface area contributed by atoms with E-state index in [1.807, 2.05) is 12.2 Å². The van der Waals surface area contributed by atoms with Gasteiger partial charge in [-0.1, -0.05) is 51.7 Å². The Labute approximate surface area is 90.7 Å². The first-order chi connectivity index (χ1) is 6.81. The summed E-state index contributed by atoms with van der Waals surface area (Å²) in [6.45, 7) is 4.32. The van der Waals surface area contributed by atoms with E-state index in [-0.39, 0.29) is 0 Å². The fourth-order valence-corrected chi connectivity index (χ4v) is 1.76. The highest BCUT2D eigenvalue weighted by atomic mass is 32.2. The van der Waals surface area contributed by atoms with Crippen molar-refractivity contribution in [3.63, 3.8) is 0 Å². The summed E-state index contributed by atoms with van der Waals surface area (Å²) in [5.74, 6) is 0. The maximum Gasteiger partial charge on any atom is 0.0695 e. The zero-order valence-electron chi connectivity index (χ0n) is 9.37. The molecule has 0 fully saturated rings. The minimum absolute atomic E-state index is 0.888. The van der Waals surface area contributed by atoms with Gasteiger partial charge in [-0.25, -0.2) is 0 Å². The van der Waals surface area contributed by atoms with Gasteiger partial charge in [-0.3, -0.25) is 4.21 Å². The summed E-state index contributed by atoms with van der Waals surface area (Å²) in [6, 6.07) is 0. The Kier molecular flexibility index (Phi) is 10.4. The van der Waals surface area contributed by atoms with Crippen LogP contribution >= 0.6 is 0 Å². The lowest BCUT2D eigenvalue weighted by Gasteiger charge is -1.89. The molecule has 0 aromatic carbocycles. The summed E-state index contributed by atoms with van der Waals surface area (Å²) < 4.78 is 11.3. The van der Waals surface area contributed by atoms with Gasteiger partial charge in [0.25, 0.3) is 0 Å². The van der Waals surface area contributed by atoms with Crippen molar-refractivity contribution < 1.29 is 4.21 Å². The molecule has 0 saturated carbocycles. The molecule has 14 heavy (non-hydrogen) atoms. The molecule has 0 N–H and O–H groups in total. The molecule has 0 spiro atoms. The monoisotopic (exact) mass is 214 g/mol. The molecule has 1 nitrogen and oxygen atoms in total. The van der Waals surface area contributed by atoms with E-state index in [1.165, 1.54) is 25.7 Å². The first kappa shape index (κ1) is 13.6. The van der Waals surface area contributed by atoms with Crippen LogP contribution in [0, 0.1) is 0 Å². The van der Waals surface area contributed by atoms with Gasteiger partial charge in [0.15, 0.2) is 0 Å². The molecule has 0 aliphatic rings. The Hall–Kier alpha value is -0.370. The molecule has 0 rings (SSSR count). The Morgan fingerprint density at radius 1 is 0.929 bits per heavy atom. The van der Waals surface area contributed by atoms with E-state index in [4.69, 9.17) is 0 Å². The van der Waals surface area contributed by atoms with Crippen LogP contribution in [-0.2, 0) is 10.8 Å². The third kappa shape index (κ3) is 9.72. The highest BCUT2D eigenvalue weighted by Gasteiger charge is 1.85. The SMILES string of the molecule is CCCCC=CS(=O)C=CCCCC. The third-order valence-electron chi connectivity index (χ3n) is 1.91. The van der Waals surface area contributed by atoms with Gasteiger partial charge in [0.2, 0.25) is 0 Å². The number of rotatable bonds is 8. The summed E-state index contributed by atoms with van der Waals surface area (Å²) in [6.07, 6.45) is 10.9. The second-order valence-corrected chi connectivity index (χ2v) is 4.56. The second kappa shape index (κ2) is 10.7. The minimum atomic E-state index is -0.888. The van der Waals surface area contributed by atoms with Crippen molar-refractivity contribution >= 4 is 10.8 Å². The lowest BCUT2D eigenvalue weighted by molar-refractivity contribution is 0.692. The molecule has 0 unspecified atom stereocenters. The molecule has 0 amide bonds. The van der Waals surface area contributed by atoms with E-state index in [9.17, 15) is 4.21 Å². The molecule has 82 valence electrons. The summed E-state index contributed by atoms with van der Waals surface area (Å²) in [4.78, 5) is 0. The Balaban J connectivity index is 3.53. The van der Waals surface area contributed by atoms with E-state index in [1.54, 1.807) is 10.8 Å². The standard InChI is InChI=1S/C12H22OS/c1-3-5-7-9-11-14(13)12-10-8-6-4-2/h9-12H,3-8H2,1-2H3. The van der Waals surface area contributed by atoms with E-state index in [2.05, 4.69) is 13.8 Å². The highest BCUT2D eigenvalue weighted by Crippen LogP contribution is 1.99. The molecule has 0 saturated heterocycles. The lowest BCUT2D eigenvalue weighted by atomic mass is 10.2. The Morgan fingerprint density at radius 3 is 1.71 bits per heavy atom. The maximum absolute atomic E-state index is 11.3. The van der Waals surface area contributed by atoms with E-state index in [0.29, 0.717) is 0 Å². The molecule has 0 aromatic rings. The highest BCUT2D eigenvalue weighted by molar-refractivity contribution is 7.90. The van der Waals surface area contributed by atoms with Gasteiger partial charge >= 0.3 is 0 Å². The molecule has 0 aliphatic carbocycles. The predicted molar refractivity (Wildman–Crippen MR) is 65.5 cm³/mol. The molecule has 0 radical (unpaired) electrons. The summed E-state index contributed by atoms with van der Waals surface area (Å²) in [7, 11) is -0.888. The van der Waals surface area contributed by atoms with Gasteiger partial charge in [-0.05, 0) is 12.8 Å². The number of hydrogen-bond acceptors (Lipinski definition) is 1. The van der Waals surface area contributed by atoms with Crippen LogP contribution in [0.15, 0.2) is 23.0 Å². The van der Waals surface area contributed by atoms with Crippen LogP contribution in [0.2, 0.25) is 0 Å². The molecule has 0 aromatic heterocycles. The summed E-state index contributed by atoms with van der Waals surface area (Å²) >= 11 is 0. The number of hydrogen-bond donors (Lipinski definition) is 0. The van der Waals surface area contributed by atoms with Crippen molar-refractivity contribution in [2.45, 2.75) is 52.4 Å². The fraction of sp³-hybridized carbons (Fsp3) is 0.667. The van der Waals surface area contributed by atoms with Crippen molar-refractivity contribution in [1.29, 1.82) is 0 Å². The van der Waals surface area contributed by atoms with Crippen molar-refractivity contribution in [1.82, 2.24) is 0 Å². The first-order valence-electron chi connectivity index (χ1n) is 5.54. The van der Waals surface area contributed by atoms with Crippen LogP contribution in [0.3, 0.4) is 0 Å².